The van der Waals surface area contributed by atoms with Gasteiger partial charge >= 0.3 is 0 Å². The number of carbonyl (C=O) groups excluding carboxylic acids is 1. The van der Waals surface area contributed by atoms with Gasteiger partial charge in [-0.2, -0.15) is 0 Å². The van der Waals surface area contributed by atoms with Crippen molar-refractivity contribution in [3.05, 3.63) is 47.5 Å². The van der Waals surface area contributed by atoms with E-state index in [9.17, 15) is 13.2 Å². The molecule has 1 aliphatic heterocycles. The summed E-state index contributed by atoms with van der Waals surface area (Å²) in [5, 5.41) is 3.15. The molecule has 5 nitrogen and oxygen atoms in total. The molecule has 24 heavy (non-hydrogen) atoms. The lowest BCUT2D eigenvalue weighted by molar-refractivity contribution is -0.115. The molecule has 0 saturated carbocycles. The van der Waals surface area contributed by atoms with Crippen LogP contribution < -0.4 is 10.0 Å². The van der Waals surface area contributed by atoms with E-state index in [4.69, 9.17) is 11.6 Å². The van der Waals surface area contributed by atoms with Gasteiger partial charge in [0, 0.05) is 15.6 Å². The molecule has 2 aromatic rings. The van der Waals surface area contributed by atoms with Crippen LogP contribution in [0.3, 0.4) is 0 Å². The van der Waals surface area contributed by atoms with Crippen molar-refractivity contribution in [3.63, 3.8) is 0 Å². The number of anilines is 2. The fourth-order valence-electron chi connectivity index (χ4n) is 2.30. The molecule has 0 aliphatic carbocycles. The summed E-state index contributed by atoms with van der Waals surface area (Å²) in [5.41, 5.74) is 0.940. The van der Waals surface area contributed by atoms with Gasteiger partial charge in [-0.05, 0) is 48.9 Å². The minimum atomic E-state index is -3.75. The third kappa shape index (κ3) is 3.53. The molecule has 126 valence electrons. The number of fused-ring (bicyclic) bond motifs is 1. The van der Waals surface area contributed by atoms with Crippen LogP contribution in [0, 0.1) is 0 Å². The number of nitrogens with one attached hydrogen (secondary N) is 2. The molecule has 0 fully saturated rings. The second-order valence-electron chi connectivity index (χ2n) is 5.27. The number of sulfonamides is 1. The van der Waals surface area contributed by atoms with E-state index in [-0.39, 0.29) is 16.1 Å². The highest BCUT2D eigenvalue weighted by atomic mass is 35.5. The zero-order chi connectivity index (χ0) is 17.3. The van der Waals surface area contributed by atoms with E-state index in [1.165, 1.54) is 23.9 Å². The molecule has 0 unspecified atom stereocenters. The lowest BCUT2D eigenvalue weighted by atomic mass is 10.2. The fourth-order valence-corrected chi connectivity index (χ4v) is 4.53. The molecule has 0 bridgehead atoms. The van der Waals surface area contributed by atoms with Crippen LogP contribution in [-0.2, 0) is 14.8 Å². The average Bonchev–Trinajstić information content (AvgIpc) is 2.55. The van der Waals surface area contributed by atoms with Gasteiger partial charge in [0.25, 0.3) is 10.0 Å². The molecule has 0 spiro atoms. The molecule has 1 atom stereocenters. The topological polar surface area (TPSA) is 75.3 Å². The summed E-state index contributed by atoms with van der Waals surface area (Å²) in [6.45, 7) is 1.94. The Kier molecular flexibility index (Phi) is 4.76. The van der Waals surface area contributed by atoms with Crippen LogP contribution in [0.15, 0.2) is 52.3 Å². The van der Waals surface area contributed by atoms with E-state index in [2.05, 4.69) is 10.0 Å². The maximum atomic E-state index is 12.5. The SMILES string of the molecule is CC[C@@H]1Sc2ccc(S(=O)(=O)Nc3ccc(Cl)cc3)cc2NC1=O. The van der Waals surface area contributed by atoms with Crippen molar-refractivity contribution < 1.29 is 13.2 Å². The largest absolute Gasteiger partial charge is 0.324 e. The first kappa shape index (κ1) is 17.1. The van der Waals surface area contributed by atoms with E-state index in [0.717, 1.165) is 4.90 Å². The molecule has 8 heteroatoms. The van der Waals surface area contributed by atoms with Crippen molar-refractivity contribution >= 4 is 50.7 Å². The first-order valence-electron chi connectivity index (χ1n) is 7.29. The molecule has 1 aliphatic rings. The molecule has 0 saturated heterocycles. The fraction of sp³-hybridized carbons (Fsp3) is 0.188. The maximum Gasteiger partial charge on any atom is 0.261 e. The first-order chi connectivity index (χ1) is 11.4. The van der Waals surface area contributed by atoms with Crippen LogP contribution in [-0.4, -0.2) is 19.6 Å². The Morgan fingerprint density at radius 1 is 1.21 bits per heavy atom. The van der Waals surface area contributed by atoms with Gasteiger partial charge in [-0.15, -0.1) is 11.8 Å². The summed E-state index contributed by atoms with van der Waals surface area (Å²) in [6, 6.07) is 11.1. The molecular weight excluding hydrogens is 368 g/mol. The van der Waals surface area contributed by atoms with Crippen LogP contribution in [0.25, 0.3) is 0 Å². The Balaban J connectivity index is 1.88. The number of benzene rings is 2. The number of halogens is 1. The predicted molar refractivity (Wildman–Crippen MR) is 97.3 cm³/mol. The van der Waals surface area contributed by atoms with Gasteiger partial charge < -0.3 is 5.32 Å². The second kappa shape index (κ2) is 6.66. The van der Waals surface area contributed by atoms with Crippen LogP contribution in [0.1, 0.15) is 13.3 Å². The summed E-state index contributed by atoms with van der Waals surface area (Å²) < 4.78 is 27.5. The molecule has 1 heterocycles. The Morgan fingerprint density at radius 2 is 1.92 bits per heavy atom. The number of rotatable bonds is 4. The van der Waals surface area contributed by atoms with Gasteiger partial charge in [-0.1, -0.05) is 18.5 Å². The van der Waals surface area contributed by atoms with Crippen LogP contribution in [0.2, 0.25) is 5.02 Å². The minimum Gasteiger partial charge on any atom is -0.324 e. The Hall–Kier alpha value is -1.70. The molecule has 2 N–H and O–H groups in total. The Labute approximate surface area is 149 Å². The predicted octanol–water partition coefficient (Wildman–Crippen LogP) is 3.96. The molecule has 0 aromatic heterocycles. The number of hydrogen-bond acceptors (Lipinski definition) is 4. The van der Waals surface area contributed by atoms with E-state index in [1.54, 1.807) is 30.3 Å². The van der Waals surface area contributed by atoms with Gasteiger partial charge in [0.05, 0.1) is 15.8 Å². The number of thioether (sulfide) groups is 1. The lowest BCUT2D eigenvalue weighted by Gasteiger charge is -2.23. The molecular formula is C16H15ClN2O3S2. The summed E-state index contributed by atoms with van der Waals surface area (Å²) in [6.07, 6.45) is 0.716. The van der Waals surface area contributed by atoms with Crippen LogP contribution in [0.5, 0.6) is 0 Å². The summed E-state index contributed by atoms with van der Waals surface area (Å²) in [5.74, 6) is -0.102. The third-order valence-corrected chi connectivity index (χ3v) is 6.62. The van der Waals surface area contributed by atoms with Crippen LogP contribution in [0.4, 0.5) is 11.4 Å². The zero-order valence-corrected chi connectivity index (χ0v) is 15.1. The first-order valence-corrected chi connectivity index (χ1v) is 10.0. The van der Waals surface area contributed by atoms with Gasteiger partial charge in [-0.25, -0.2) is 8.42 Å². The highest BCUT2D eigenvalue weighted by molar-refractivity contribution is 8.01. The van der Waals surface area contributed by atoms with Crippen molar-refractivity contribution in [1.82, 2.24) is 0 Å². The summed E-state index contributed by atoms with van der Waals surface area (Å²) in [4.78, 5) is 12.9. The number of amides is 1. The monoisotopic (exact) mass is 382 g/mol. The standard InChI is InChI=1S/C16H15ClN2O3S2/c1-2-14-16(20)18-13-9-12(7-8-15(13)23-14)24(21,22)19-11-5-3-10(17)4-6-11/h3-9,14,19H,2H2,1H3,(H,18,20)/t14-/m0/s1. The minimum absolute atomic E-state index is 0.0899. The summed E-state index contributed by atoms with van der Waals surface area (Å²) in [7, 11) is -3.75. The normalized spacial score (nSPS) is 17.1. The number of carbonyl (C=O) groups is 1. The molecule has 1 amide bonds. The van der Waals surface area contributed by atoms with Crippen molar-refractivity contribution in [1.29, 1.82) is 0 Å². The van der Waals surface area contributed by atoms with Crippen LogP contribution >= 0.6 is 23.4 Å². The van der Waals surface area contributed by atoms with Crippen molar-refractivity contribution in [2.45, 2.75) is 28.4 Å². The van der Waals surface area contributed by atoms with Crippen molar-refractivity contribution in [3.8, 4) is 0 Å². The average molecular weight is 383 g/mol. The molecule has 2 aromatic carbocycles. The third-order valence-electron chi connectivity index (χ3n) is 3.55. The molecule has 0 radical (unpaired) electrons. The van der Waals surface area contributed by atoms with Gasteiger partial charge in [0.1, 0.15) is 0 Å². The van der Waals surface area contributed by atoms with E-state index in [1.807, 2.05) is 6.92 Å². The van der Waals surface area contributed by atoms with Gasteiger partial charge in [0.2, 0.25) is 5.91 Å². The van der Waals surface area contributed by atoms with E-state index >= 15 is 0 Å². The van der Waals surface area contributed by atoms with Crippen molar-refractivity contribution in [2.24, 2.45) is 0 Å². The quantitative estimate of drug-likeness (QED) is 0.839. The Morgan fingerprint density at radius 3 is 2.58 bits per heavy atom. The maximum absolute atomic E-state index is 12.5. The highest BCUT2D eigenvalue weighted by Crippen LogP contribution is 2.38. The van der Waals surface area contributed by atoms with Gasteiger partial charge in [-0.3, -0.25) is 9.52 Å². The second-order valence-corrected chi connectivity index (χ2v) is 8.64. The molecule has 3 rings (SSSR count). The zero-order valence-electron chi connectivity index (χ0n) is 12.7. The smallest absolute Gasteiger partial charge is 0.261 e. The lowest BCUT2D eigenvalue weighted by Crippen LogP contribution is -2.28. The highest BCUT2D eigenvalue weighted by Gasteiger charge is 2.27. The Bertz CT molecular complexity index is 883. The van der Waals surface area contributed by atoms with Crippen molar-refractivity contribution in [2.75, 3.05) is 10.0 Å². The number of hydrogen-bond donors (Lipinski definition) is 2. The van der Waals surface area contributed by atoms with E-state index < -0.39 is 10.0 Å². The van der Waals surface area contributed by atoms with E-state index in [0.29, 0.717) is 22.8 Å². The van der Waals surface area contributed by atoms with Gasteiger partial charge in [0.15, 0.2) is 0 Å². The summed E-state index contributed by atoms with van der Waals surface area (Å²) >= 11 is 7.25.